The van der Waals surface area contributed by atoms with Crippen LogP contribution in [0, 0.1) is 0 Å². The van der Waals surface area contributed by atoms with E-state index in [1.807, 2.05) is 18.2 Å². The van der Waals surface area contributed by atoms with Gasteiger partial charge in [-0.25, -0.2) is 0 Å². The molecular formula is C19H34N4O2. The highest BCUT2D eigenvalue weighted by molar-refractivity contribution is 5.93. The molecule has 142 valence electrons. The number of rotatable bonds is 9. The van der Waals surface area contributed by atoms with E-state index in [1.54, 1.807) is 14.2 Å². The van der Waals surface area contributed by atoms with Crippen molar-refractivity contribution in [1.29, 1.82) is 0 Å². The molecule has 0 aromatic heterocycles. The normalized spacial score (nSPS) is 12.0. The van der Waals surface area contributed by atoms with Crippen molar-refractivity contribution in [3.63, 3.8) is 0 Å². The minimum absolute atomic E-state index is 0.511. The molecule has 0 heterocycles. The number of methoxy groups -OCH3 is 2. The van der Waals surface area contributed by atoms with Gasteiger partial charge in [-0.3, -0.25) is 9.89 Å². The topological polar surface area (TPSA) is 58.1 Å². The molecular weight excluding hydrogens is 316 g/mol. The summed E-state index contributed by atoms with van der Waals surface area (Å²) >= 11 is 0. The molecule has 1 aromatic rings. The van der Waals surface area contributed by atoms with Gasteiger partial charge in [0.15, 0.2) is 17.5 Å². The third-order valence-corrected chi connectivity index (χ3v) is 3.95. The number of benzene rings is 1. The van der Waals surface area contributed by atoms with Gasteiger partial charge in [0, 0.05) is 36.9 Å². The van der Waals surface area contributed by atoms with Crippen LogP contribution in [0.3, 0.4) is 0 Å². The Kier molecular flexibility index (Phi) is 9.13. The summed E-state index contributed by atoms with van der Waals surface area (Å²) in [6, 6.07) is 6.75. The zero-order valence-corrected chi connectivity index (χ0v) is 16.7. The average molecular weight is 351 g/mol. The Hall–Kier alpha value is -1.95. The van der Waals surface area contributed by atoms with Gasteiger partial charge in [-0.15, -0.1) is 0 Å². The number of guanidine groups is 1. The van der Waals surface area contributed by atoms with E-state index in [4.69, 9.17) is 14.5 Å². The smallest absolute Gasteiger partial charge is 0.195 e. The Morgan fingerprint density at radius 2 is 1.72 bits per heavy atom. The first-order valence-corrected chi connectivity index (χ1v) is 8.96. The fraction of sp³-hybridized carbons (Fsp3) is 0.632. The van der Waals surface area contributed by atoms with Gasteiger partial charge in [-0.1, -0.05) is 0 Å². The van der Waals surface area contributed by atoms with Crippen molar-refractivity contribution in [3.05, 3.63) is 18.2 Å². The molecule has 0 radical (unpaired) electrons. The van der Waals surface area contributed by atoms with E-state index in [9.17, 15) is 0 Å². The van der Waals surface area contributed by atoms with Crippen LogP contribution in [-0.4, -0.2) is 56.8 Å². The van der Waals surface area contributed by atoms with E-state index in [-0.39, 0.29) is 0 Å². The van der Waals surface area contributed by atoms with Crippen molar-refractivity contribution >= 4 is 11.6 Å². The Balaban J connectivity index is 2.79. The highest BCUT2D eigenvalue weighted by Gasteiger charge is 2.12. The molecule has 0 unspecified atom stereocenters. The van der Waals surface area contributed by atoms with Crippen LogP contribution in [0.4, 0.5) is 5.69 Å². The van der Waals surface area contributed by atoms with Crippen LogP contribution < -0.4 is 20.1 Å². The lowest BCUT2D eigenvalue weighted by Gasteiger charge is -2.29. The van der Waals surface area contributed by atoms with Crippen LogP contribution >= 0.6 is 0 Å². The molecule has 2 N–H and O–H groups in total. The predicted octanol–water partition coefficient (Wildman–Crippen LogP) is 3.20. The van der Waals surface area contributed by atoms with Crippen molar-refractivity contribution in [2.75, 3.05) is 39.2 Å². The molecule has 1 aromatic carbocycles. The van der Waals surface area contributed by atoms with Gasteiger partial charge >= 0.3 is 0 Å². The first-order chi connectivity index (χ1) is 11.9. The number of hydrogen-bond donors (Lipinski definition) is 2. The number of aliphatic imine (C=N–C) groups is 1. The molecule has 0 amide bonds. The molecule has 0 aliphatic heterocycles. The summed E-state index contributed by atoms with van der Waals surface area (Å²) in [5.74, 6) is 2.16. The molecule has 0 saturated heterocycles. The van der Waals surface area contributed by atoms with Crippen LogP contribution in [0.25, 0.3) is 0 Å². The zero-order chi connectivity index (χ0) is 18.8. The highest BCUT2D eigenvalue weighted by atomic mass is 16.5. The quantitative estimate of drug-likeness (QED) is 0.529. The summed E-state index contributed by atoms with van der Waals surface area (Å²) in [5, 5.41) is 6.60. The molecule has 0 aliphatic carbocycles. The third kappa shape index (κ3) is 6.82. The summed E-state index contributed by atoms with van der Waals surface area (Å²) in [6.07, 6.45) is 0. The molecule has 0 fully saturated rings. The van der Waals surface area contributed by atoms with Crippen molar-refractivity contribution in [1.82, 2.24) is 10.2 Å². The van der Waals surface area contributed by atoms with Crippen LogP contribution in [-0.2, 0) is 0 Å². The molecule has 0 atom stereocenters. The number of anilines is 1. The van der Waals surface area contributed by atoms with E-state index < -0.39 is 0 Å². The molecule has 0 spiro atoms. The molecule has 1 rings (SSSR count). The van der Waals surface area contributed by atoms with Gasteiger partial charge in [-0.2, -0.15) is 0 Å². The number of nitrogens with zero attached hydrogens (tertiary/aromatic N) is 2. The minimum atomic E-state index is 0.511. The lowest BCUT2D eigenvalue weighted by Crippen LogP contribution is -2.39. The van der Waals surface area contributed by atoms with Crippen LogP contribution in [0.15, 0.2) is 23.2 Å². The lowest BCUT2D eigenvalue weighted by molar-refractivity contribution is 0.181. The summed E-state index contributed by atoms with van der Waals surface area (Å²) < 4.78 is 10.6. The van der Waals surface area contributed by atoms with E-state index in [0.717, 1.165) is 31.3 Å². The maximum atomic E-state index is 5.35. The summed E-state index contributed by atoms with van der Waals surface area (Å²) in [6.45, 7) is 13.4. The van der Waals surface area contributed by atoms with Crippen molar-refractivity contribution < 1.29 is 9.47 Å². The zero-order valence-electron chi connectivity index (χ0n) is 16.7. The minimum Gasteiger partial charge on any atom is -0.493 e. The number of hydrogen-bond acceptors (Lipinski definition) is 4. The fourth-order valence-corrected chi connectivity index (χ4v) is 2.75. The maximum absolute atomic E-state index is 5.35. The first kappa shape index (κ1) is 21.1. The van der Waals surface area contributed by atoms with Gasteiger partial charge < -0.3 is 20.1 Å². The molecule has 0 bridgehead atoms. The SMILES string of the molecule is CCNC(=NCCN(C(C)C)C(C)C)Nc1ccc(OC)c(OC)c1. The predicted molar refractivity (Wildman–Crippen MR) is 106 cm³/mol. The van der Waals surface area contributed by atoms with Gasteiger partial charge in [0.25, 0.3) is 0 Å². The monoisotopic (exact) mass is 350 g/mol. The number of ether oxygens (including phenoxy) is 2. The van der Waals surface area contributed by atoms with Crippen molar-refractivity contribution in [2.24, 2.45) is 4.99 Å². The van der Waals surface area contributed by atoms with E-state index in [0.29, 0.717) is 23.6 Å². The van der Waals surface area contributed by atoms with Crippen LogP contribution in [0.2, 0.25) is 0 Å². The molecule has 6 heteroatoms. The van der Waals surface area contributed by atoms with Crippen LogP contribution in [0.1, 0.15) is 34.6 Å². The van der Waals surface area contributed by atoms with Gasteiger partial charge in [-0.05, 0) is 46.8 Å². The standard InChI is InChI=1S/C19H34N4O2/c1-8-20-19(21-11-12-23(14(2)3)15(4)5)22-16-9-10-17(24-6)18(13-16)25-7/h9-10,13-15H,8,11-12H2,1-7H3,(H2,20,21,22). The van der Waals surface area contributed by atoms with Gasteiger partial charge in [0.1, 0.15) is 0 Å². The molecule has 0 saturated carbocycles. The highest BCUT2D eigenvalue weighted by Crippen LogP contribution is 2.29. The Labute approximate surface area is 152 Å². The van der Waals surface area contributed by atoms with Gasteiger partial charge in [0.2, 0.25) is 0 Å². The summed E-state index contributed by atoms with van der Waals surface area (Å²) in [4.78, 5) is 7.13. The second kappa shape index (κ2) is 10.8. The fourth-order valence-electron chi connectivity index (χ4n) is 2.75. The van der Waals surface area contributed by atoms with Crippen molar-refractivity contribution in [2.45, 2.75) is 46.7 Å². The largest absolute Gasteiger partial charge is 0.493 e. The van der Waals surface area contributed by atoms with Crippen LogP contribution in [0.5, 0.6) is 11.5 Å². The molecule has 25 heavy (non-hydrogen) atoms. The number of nitrogens with one attached hydrogen (secondary N) is 2. The third-order valence-electron chi connectivity index (χ3n) is 3.95. The lowest BCUT2D eigenvalue weighted by atomic mass is 10.2. The Morgan fingerprint density at radius 3 is 2.24 bits per heavy atom. The second-order valence-corrected chi connectivity index (χ2v) is 6.38. The Morgan fingerprint density at radius 1 is 1.08 bits per heavy atom. The molecule has 6 nitrogen and oxygen atoms in total. The second-order valence-electron chi connectivity index (χ2n) is 6.38. The van der Waals surface area contributed by atoms with Crippen molar-refractivity contribution in [3.8, 4) is 11.5 Å². The molecule has 0 aliphatic rings. The maximum Gasteiger partial charge on any atom is 0.195 e. The van der Waals surface area contributed by atoms with E-state index in [1.165, 1.54) is 0 Å². The van der Waals surface area contributed by atoms with E-state index >= 15 is 0 Å². The summed E-state index contributed by atoms with van der Waals surface area (Å²) in [5.41, 5.74) is 0.905. The first-order valence-electron chi connectivity index (χ1n) is 8.96. The summed E-state index contributed by atoms with van der Waals surface area (Å²) in [7, 11) is 3.26. The Bertz CT molecular complexity index is 536. The van der Waals surface area contributed by atoms with E-state index in [2.05, 4.69) is 50.2 Å². The van der Waals surface area contributed by atoms with Gasteiger partial charge in [0.05, 0.1) is 20.8 Å². The average Bonchev–Trinajstić information content (AvgIpc) is 2.57.